The van der Waals surface area contributed by atoms with E-state index in [0.717, 1.165) is 12.3 Å². The Hall–Kier alpha value is -0.0800. The molecule has 3 atom stereocenters. The number of rotatable bonds is 1. The maximum Gasteiger partial charge on any atom is 0.0695 e. The first-order valence-corrected chi connectivity index (χ1v) is 9.69. The fourth-order valence-electron chi connectivity index (χ4n) is 4.20. The highest BCUT2D eigenvalue weighted by Gasteiger charge is 2.27. The standard InChI is InChI=1S/C19H37NO/c1-17-11-10-15-20(16-14-17)18-12-8-6-4-2-3-5-7-9-13-19(18)21/h17-19,21H,2-16H2,1H3. The van der Waals surface area contributed by atoms with Crippen molar-refractivity contribution in [1.29, 1.82) is 0 Å². The van der Waals surface area contributed by atoms with Gasteiger partial charge < -0.3 is 5.11 Å². The van der Waals surface area contributed by atoms with Crippen LogP contribution in [0.1, 0.15) is 90.4 Å². The van der Waals surface area contributed by atoms with Crippen molar-refractivity contribution in [2.24, 2.45) is 5.92 Å². The molecule has 2 nitrogen and oxygen atoms in total. The van der Waals surface area contributed by atoms with Crippen LogP contribution in [-0.4, -0.2) is 35.2 Å². The van der Waals surface area contributed by atoms with Crippen molar-refractivity contribution >= 4 is 0 Å². The van der Waals surface area contributed by atoms with Gasteiger partial charge in [0.05, 0.1) is 6.10 Å². The van der Waals surface area contributed by atoms with E-state index < -0.39 is 0 Å². The third kappa shape index (κ3) is 6.28. The molecule has 2 heteroatoms. The molecule has 2 rings (SSSR count). The molecule has 0 amide bonds. The minimum Gasteiger partial charge on any atom is -0.391 e. The van der Waals surface area contributed by atoms with Crippen molar-refractivity contribution in [3.63, 3.8) is 0 Å². The Balaban J connectivity index is 1.90. The van der Waals surface area contributed by atoms with E-state index in [1.807, 2.05) is 0 Å². The summed E-state index contributed by atoms with van der Waals surface area (Å²) in [5, 5.41) is 10.7. The molecular formula is C19H37NO. The zero-order valence-corrected chi connectivity index (χ0v) is 14.2. The summed E-state index contributed by atoms with van der Waals surface area (Å²) in [6, 6.07) is 0.440. The summed E-state index contributed by atoms with van der Waals surface area (Å²) >= 11 is 0. The minimum atomic E-state index is -0.0853. The number of likely N-dealkylation sites (tertiary alicyclic amines) is 1. The predicted molar refractivity (Wildman–Crippen MR) is 90.6 cm³/mol. The molecule has 0 radical (unpaired) electrons. The van der Waals surface area contributed by atoms with E-state index in [0.29, 0.717) is 6.04 Å². The Morgan fingerprint density at radius 2 is 1.29 bits per heavy atom. The molecule has 1 N–H and O–H groups in total. The van der Waals surface area contributed by atoms with Crippen LogP contribution < -0.4 is 0 Å². The lowest BCUT2D eigenvalue weighted by atomic mass is 9.94. The molecule has 1 heterocycles. The lowest BCUT2D eigenvalue weighted by molar-refractivity contribution is 0.0363. The first kappa shape index (κ1) is 17.3. The molecular weight excluding hydrogens is 258 g/mol. The van der Waals surface area contributed by atoms with Gasteiger partial charge in [-0.2, -0.15) is 0 Å². The monoisotopic (exact) mass is 295 g/mol. The topological polar surface area (TPSA) is 23.5 Å². The SMILES string of the molecule is CC1CCCN(C2CCCCCCCCCCC2O)CC1. The van der Waals surface area contributed by atoms with Crippen molar-refractivity contribution in [1.82, 2.24) is 4.90 Å². The summed E-state index contributed by atoms with van der Waals surface area (Å²) in [7, 11) is 0. The van der Waals surface area contributed by atoms with E-state index in [1.165, 1.54) is 90.1 Å². The smallest absolute Gasteiger partial charge is 0.0695 e. The third-order valence-corrected chi connectivity index (χ3v) is 5.71. The molecule has 0 spiro atoms. The Bertz CT molecular complexity index is 268. The number of hydrogen-bond acceptors (Lipinski definition) is 2. The zero-order chi connectivity index (χ0) is 14.9. The van der Waals surface area contributed by atoms with Crippen LogP contribution >= 0.6 is 0 Å². The molecule has 0 aromatic heterocycles. The van der Waals surface area contributed by atoms with Crippen LogP contribution in [0.15, 0.2) is 0 Å². The lowest BCUT2D eigenvalue weighted by Gasteiger charge is -2.34. The van der Waals surface area contributed by atoms with E-state index in [1.54, 1.807) is 0 Å². The van der Waals surface area contributed by atoms with Gasteiger partial charge in [-0.25, -0.2) is 0 Å². The van der Waals surface area contributed by atoms with Crippen molar-refractivity contribution in [3.05, 3.63) is 0 Å². The quantitative estimate of drug-likeness (QED) is 0.754. The van der Waals surface area contributed by atoms with E-state index in [2.05, 4.69) is 11.8 Å². The van der Waals surface area contributed by atoms with Gasteiger partial charge in [-0.1, -0.05) is 58.3 Å². The molecule has 21 heavy (non-hydrogen) atoms. The van der Waals surface area contributed by atoms with E-state index in [9.17, 15) is 5.11 Å². The van der Waals surface area contributed by atoms with Crippen molar-refractivity contribution in [2.45, 2.75) is 103 Å². The lowest BCUT2D eigenvalue weighted by Crippen LogP contribution is -2.44. The van der Waals surface area contributed by atoms with Crippen molar-refractivity contribution in [3.8, 4) is 0 Å². The molecule has 1 aliphatic heterocycles. The van der Waals surface area contributed by atoms with Gasteiger partial charge in [0, 0.05) is 6.04 Å². The van der Waals surface area contributed by atoms with Gasteiger partial charge in [-0.3, -0.25) is 4.90 Å². The number of aliphatic hydroxyl groups is 1. The number of nitrogens with zero attached hydrogens (tertiary/aromatic N) is 1. The van der Waals surface area contributed by atoms with Gasteiger partial charge in [0.15, 0.2) is 0 Å². The van der Waals surface area contributed by atoms with Crippen LogP contribution in [0, 0.1) is 5.92 Å². The predicted octanol–water partition coefficient (Wildman–Crippen LogP) is 4.75. The zero-order valence-electron chi connectivity index (χ0n) is 14.2. The van der Waals surface area contributed by atoms with Crippen molar-refractivity contribution in [2.75, 3.05) is 13.1 Å². The first-order chi connectivity index (χ1) is 10.3. The van der Waals surface area contributed by atoms with Crippen LogP contribution in [0.2, 0.25) is 0 Å². The summed E-state index contributed by atoms with van der Waals surface area (Å²) in [6.07, 6.45) is 17.0. The van der Waals surface area contributed by atoms with E-state index in [4.69, 9.17) is 0 Å². The summed E-state index contributed by atoms with van der Waals surface area (Å²) in [6.45, 7) is 4.82. The fraction of sp³-hybridized carbons (Fsp3) is 1.00. The fourth-order valence-corrected chi connectivity index (χ4v) is 4.20. The second-order valence-corrected chi connectivity index (χ2v) is 7.61. The van der Waals surface area contributed by atoms with Crippen LogP contribution in [-0.2, 0) is 0 Å². The largest absolute Gasteiger partial charge is 0.391 e. The first-order valence-electron chi connectivity index (χ1n) is 9.69. The maximum atomic E-state index is 10.7. The van der Waals surface area contributed by atoms with Gasteiger partial charge in [-0.15, -0.1) is 0 Å². The highest BCUT2D eigenvalue weighted by Crippen LogP contribution is 2.25. The van der Waals surface area contributed by atoms with E-state index in [-0.39, 0.29) is 6.10 Å². The van der Waals surface area contributed by atoms with Crippen LogP contribution in [0.5, 0.6) is 0 Å². The highest BCUT2D eigenvalue weighted by atomic mass is 16.3. The van der Waals surface area contributed by atoms with Crippen LogP contribution in [0.3, 0.4) is 0 Å². The molecule has 124 valence electrons. The van der Waals surface area contributed by atoms with Gasteiger partial charge in [0.25, 0.3) is 0 Å². The molecule has 0 aromatic carbocycles. The molecule has 1 aliphatic carbocycles. The average molecular weight is 296 g/mol. The summed E-state index contributed by atoms with van der Waals surface area (Å²) in [5.74, 6) is 0.874. The Labute approximate surface area is 132 Å². The van der Waals surface area contributed by atoms with Gasteiger partial charge in [0.2, 0.25) is 0 Å². The van der Waals surface area contributed by atoms with Crippen LogP contribution in [0.25, 0.3) is 0 Å². The number of hydrogen-bond donors (Lipinski definition) is 1. The van der Waals surface area contributed by atoms with Crippen molar-refractivity contribution < 1.29 is 5.11 Å². The summed E-state index contributed by atoms with van der Waals surface area (Å²) < 4.78 is 0. The highest BCUT2D eigenvalue weighted by molar-refractivity contribution is 4.82. The second kappa shape index (κ2) is 9.84. The van der Waals surface area contributed by atoms with Gasteiger partial charge in [0.1, 0.15) is 0 Å². The molecule has 1 saturated carbocycles. The van der Waals surface area contributed by atoms with Crippen LogP contribution in [0.4, 0.5) is 0 Å². The molecule has 2 fully saturated rings. The van der Waals surface area contributed by atoms with Gasteiger partial charge >= 0.3 is 0 Å². The summed E-state index contributed by atoms with van der Waals surface area (Å²) in [5.41, 5.74) is 0. The van der Waals surface area contributed by atoms with Gasteiger partial charge in [-0.05, 0) is 51.1 Å². The minimum absolute atomic E-state index is 0.0853. The molecule has 2 aliphatic rings. The Kier molecular flexibility index (Phi) is 8.10. The molecule has 0 bridgehead atoms. The number of aliphatic hydroxyl groups excluding tert-OH is 1. The molecule has 3 unspecified atom stereocenters. The molecule has 0 aromatic rings. The Morgan fingerprint density at radius 1 is 0.667 bits per heavy atom. The maximum absolute atomic E-state index is 10.7. The summed E-state index contributed by atoms with van der Waals surface area (Å²) in [4.78, 5) is 2.64. The average Bonchev–Trinajstić information content (AvgIpc) is 2.68. The second-order valence-electron chi connectivity index (χ2n) is 7.61. The normalized spacial score (nSPS) is 35.4. The third-order valence-electron chi connectivity index (χ3n) is 5.71. The molecule has 1 saturated heterocycles. The Morgan fingerprint density at radius 3 is 2.00 bits per heavy atom. The van der Waals surface area contributed by atoms with E-state index >= 15 is 0 Å².